The van der Waals surface area contributed by atoms with Gasteiger partial charge < -0.3 is 9.80 Å². The van der Waals surface area contributed by atoms with Crippen molar-refractivity contribution in [2.45, 2.75) is 45.8 Å². The topological polar surface area (TPSA) is 35.6 Å². The van der Waals surface area contributed by atoms with E-state index >= 15 is 0 Å². The van der Waals surface area contributed by atoms with Gasteiger partial charge in [-0.25, -0.2) is 0 Å². The van der Waals surface area contributed by atoms with E-state index in [9.17, 15) is 4.79 Å². The molecule has 98 valence electrons. The van der Waals surface area contributed by atoms with Gasteiger partial charge in [-0.15, -0.1) is 0 Å². The minimum atomic E-state index is -0.0130. The van der Waals surface area contributed by atoms with Crippen molar-refractivity contribution in [1.82, 2.24) is 15.1 Å². The molecule has 2 unspecified atom stereocenters. The van der Waals surface area contributed by atoms with Gasteiger partial charge in [-0.05, 0) is 38.8 Å². The molecule has 1 amide bonds. The molecule has 4 nitrogen and oxygen atoms in total. The number of carbonyl (C=O) groups is 1. The van der Waals surface area contributed by atoms with E-state index in [1.807, 2.05) is 11.8 Å². The Bertz CT molecular complexity index is 274. The lowest BCUT2D eigenvalue weighted by atomic mass is 10.1. The Labute approximate surface area is 104 Å². The van der Waals surface area contributed by atoms with Gasteiger partial charge in [0.2, 0.25) is 5.91 Å². The van der Waals surface area contributed by atoms with E-state index in [0.717, 1.165) is 13.1 Å². The number of likely N-dealkylation sites (tertiary alicyclic amines) is 1. The van der Waals surface area contributed by atoms with Gasteiger partial charge in [0.25, 0.3) is 0 Å². The predicted molar refractivity (Wildman–Crippen MR) is 68.6 cm³/mol. The third-order valence-electron chi connectivity index (χ3n) is 3.90. The summed E-state index contributed by atoms with van der Waals surface area (Å²) in [6, 6.07) is -0.0130. The molecule has 0 aromatic carbocycles. The fraction of sp³-hybridized carbons (Fsp3) is 0.923. The van der Waals surface area contributed by atoms with Crippen LogP contribution in [0.4, 0.5) is 0 Å². The van der Waals surface area contributed by atoms with Crippen LogP contribution in [0.1, 0.15) is 33.6 Å². The molecule has 2 atom stereocenters. The summed E-state index contributed by atoms with van der Waals surface area (Å²) in [5, 5.41) is 3.39. The highest BCUT2D eigenvalue weighted by molar-refractivity contribution is 5.83. The lowest BCUT2D eigenvalue weighted by Gasteiger charge is -2.29. The zero-order valence-electron chi connectivity index (χ0n) is 11.3. The summed E-state index contributed by atoms with van der Waals surface area (Å²) in [5.41, 5.74) is 0. The Morgan fingerprint density at radius 2 is 1.94 bits per heavy atom. The minimum absolute atomic E-state index is 0.0130. The van der Waals surface area contributed by atoms with E-state index in [1.165, 1.54) is 25.9 Å². The van der Waals surface area contributed by atoms with Gasteiger partial charge in [0.1, 0.15) is 0 Å². The van der Waals surface area contributed by atoms with Crippen LogP contribution in [-0.4, -0.2) is 54.1 Å². The Kier molecular flexibility index (Phi) is 4.05. The van der Waals surface area contributed by atoms with E-state index in [0.29, 0.717) is 5.92 Å². The number of hydrogen-bond acceptors (Lipinski definition) is 3. The van der Waals surface area contributed by atoms with Crippen LogP contribution in [0.5, 0.6) is 0 Å². The summed E-state index contributed by atoms with van der Waals surface area (Å²) in [7, 11) is 0. The Morgan fingerprint density at radius 1 is 1.29 bits per heavy atom. The minimum Gasteiger partial charge on any atom is -0.324 e. The Hall–Kier alpha value is -0.610. The second kappa shape index (κ2) is 5.36. The molecule has 17 heavy (non-hydrogen) atoms. The first-order chi connectivity index (χ1) is 8.09. The summed E-state index contributed by atoms with van der Waals surface area (Å²) in [6.45, 7) is 10.6. The summed E-state index contributed by atoms with van der Waals surface area (Å²) in [5.74, 6) is 0.741. The zero-order chi connectivity index (χ0) is 12.4. The second-order valence-electron chi connectivity index (χ2n) is 5.66. The van der Waals surface area contributed by atoms with Crippen molar-refractivity contribution in [2.24, 2.45) is 5.92 Å². The molecule has 0 radical (unpaired) electrons. The van der Waals surface area contributed by atoms with Gasteiger partial charge in [-0.2, -0.15) is 0 Å². The highest BCUT2D eigenvalue weighted by Gasteiger charge is 2.37. The van der Waals surface area contributed by atoms with E-state index in [1.54, 1.807) is 0 Å². The summed E-state index contributed by atoms with van der Waals surface area (Å²) in [4.78, 5) is 16.6. The Morgan fingerprint density at radius 3 is 2.53 bits per heavy atom. The number of rotatable bonds is 4. The van der Waals surface area contributed by atoms with Crippen LogP contribution < -0.4 is 5.32 Å². The van der Waals surface area contributed by atoms with Gasteiger partial charge in [0.15, 0.2) is 0 Å². The molecule has 2 aliphatic heterocycles. The van der Waals surface area contributed by atoms with Crippen LogP contribution in [0, 0.1) is 5.92 Å². The van der Waals surface area contributed by atoms with E-state index in [2.05, 4.69) is 24.1 Å². The van der Waals surface area contributed by atoms with Crippen LogP contribution in [0.3, 0.4) is 0 Å². The number of amides is 1. The molecule has 2 rings (SSSR count). The average Bonchev–Trinajstić information content (AvgIpc) is 2.87. The third kappa shape index (κ3) is 2.80. The summed E-state index contributed by atoms with van der Waals surface area (Å²) < 4.78 is 0. The third-order valence-corrected chi connectivity index (χ3v) is 3.90. The maximum atomic E-state index is 12.1. The highest BCUT2D eigenvalue weighted by Crippen LogP contribution is 2.17. The first-order valence-electron chi connectivity index (χ1n) is 6.88. The van der Waals surface area contributed by atoms with Gasteiger partial charge in [0, 0.05) is 13.1 Å². The molecule has 2 saturated heterocycles. The molecule has 0 saturated carbocycles. The van der Waals surface area contributed by atoms with Crippen LogP contribution in [0.15, 0.2) is 0 Å². The first kappa shape index (κ1) is 12.8. The highest BCUT2D eigenvalue weighted by atomic mass is 16.2. The van der Waals surface area contributed by atoms with Crippen molar-refractivity contribution in [3.63, 3.8) is 0 Å². The molecule has 0 spiro atoms. The fourth-order valence-electron chi connectivity index (χ4n) is 2.86. The van der Waals surface area contributed by atoms with Gasteiger partial charge in [-0.1, -0.05) is 13.8 Å². The smallest absolute Gasteiger partial charge is 0.240 e. The number of nitrogens with one attached hydrogen (secondary N) is 1. The lowest BCUT2D eigenvalue weighted by molar-refractivity contribution is -0.130. The van der Waals surface area contributed by atoms with Gasteiger partial charge in [-0.3, -0.25) is 10.1 Å². The van der Waals surface area contributed by atoms with E-state index in [4.69, 9.17) is 0 Å². The SMILES string of the molecule is CC1NC(C(C)C)N(CCN2CCCC2)C1=O. The largest absolute Gasteiger partial charge is 0.324 e. The molecule has 2 aliphatic rings. The molecule has 0 bridgehead atoms. The molecule has 0 aromatic rings. The van der Waals surface area contributed by atoms with E-state index < -0.39 is 0 Å². The Balaban J connectivity index is 1.89. The van der Waals surface area contributed by atoms with Gasteiger partial charge >= 0.3 is 0 Å². The molecular formula is C13H25N3O. The number of hydrogen-bond donors (Lipinski definition) is 1. The van der Waals surface area contributed by atoms with Crippen molar-refractivity contribution in [1.29, 1.82) is 0 Å². The number of carbonyl (C=O) groups excluding carboxylic acids is 1. The second-order valence-corrected chi connectivity index (χ2v) is 5.66. The maximum absolute atomic E-state index is 12.1. The van der Waals surface area contributed by atoms with Crippen molar-refractivity contribution in [3.05, 3.63) is 0 Å². The fourth-order valence-corrected chi connectivity index (χ4v) is 2.86. The first-order valence-corrected chi connectivity index (χ1v) is 6.88. The van der Waals surface area contributed by atoms with Crippen LogP contribution in [0.2, 0.25) is 0 Å². The van der Waals surface area contributed by atoms with Crippen LogP contribution in [0.25, 0.3) is 0 Å². The predicted octanol–water partition coefficient (Wildman–Crippen LogP) is 0.885. The van der Waals surface area contributed by atoms with Crippen molar-refractivity contribution in [2.75, 3.05) is 26.2 Å². The summed E-state index contributed by atoms with van der Waals surface area (Å²) in [6.07, 6.45) is 2.85. The average molecular weight is 239 g/mol. The van der Waals surface area contributed by atoms with Gasteiger partial charge in [0.05, 0.1) is 12.2 Å². The molecule has 2 heterocycles. The number of nitrogens with zero attached hydrogens (tertiary/aromatic N) is 2. The molecule has 0 aromatic heterocycles. The quantitative estimate of drug-likeness (QED) is 0.791. The van der Waals surface area contributed by atoms with Crippen molar-refractivity contribution < 1.29 is 4.79 Å². The maximum Gasteiger partial charge on any atom is 0.240 e. The van der Waals surface area contributed by atoms with Crippen LogP contribution in [-0.2, 0) is 4.79 Å². The standard InChI is InChI=1S/C13H25N3O/c1-10(2)12-14-11(3)13(17)16(12)9-8-15-6-4-5-7-15/h10-12,14H,4-9H2,1-3H3. The normalized spacial score (nSPS) is 30.8. The van der Waals surface area contributed by atoms with E-state index in [-0.39, 0.29) is 18.1 Å². The molecule has 4 heteroatoms. The zero-order valence-corrected chi connectivity index (χ0v) is 11.3. The molecule has 0 aliphatic carbocycles. The monoisotopic (exact) mass is 239 g/mol. The molecule has 2 fully saturated rings. The lowest BCUT2D eigenvalue weighted by Crippen LogP contribution is -2.44. The molecular weight excluding hydrogens is 214 g/mol. The van der Waals surface area contributed by atoms with Crippen LogP contribution >= 0.6 is 0 Å². The molecule has 1 N–H and O–H groups in total. The van der Waals surface area contributed by atoms with Crippen molar-refractivity contribution >= 4 is 5.91 Å². The van der Waals surface area contributed by atoms with Crippen molar-refractivity contribution in [3.8, 4) is 0 Å². The summed E-state index contributed by atoms with van der Waals surface area (Å²) >= 11 is 0.